The molecule has 7 nitrogen and oxygen atoms in total. The quantitative estimate of drug-likeness (QED) is 0.835. The molecule has 1 aromatic carbocycles. The molecule has 1 aliphatic rings. The minimum Gasteiger partial charge on any atom is -0.358 e. The molecule has 1 aromatic rings. The molecule has 0 radical (unpaired) electrons. The summed E-state index contributed by atoms with van der Waals surface area (Å²) >= 11 is 5.79. The first kappa shape index (κ1) is 18.5. The monoisotopic (exact) mass is 373 g/mol. The number of sulfone groups is 1. The lowest BCUT2D eigenvalue weighted by Crippen LogP contribution is -2.45. The van der Waals surface area contributed by atoms with Crippen LogP contribution in [0, 0.1) is 0 Å². The van der Waals surface area contributed by atoms with Gasteiger partial charge in [0.15, 0.2) is 9.84 Å². The number of hydrogen-bond acceptors (Lipinski definition) is 4. The summed E-state index contributed by atoms with van der Waals surface area (Å²) in [6.45, 7) is 0.661. The van der Waals surface area contributed by atoms with E-state index in [1.165, 1.54) is 7.05 Å². The first-order valence-corrected chi connectivity index (χ1v) is 9.65. The summed E-state index contributed by atoms with van der Waals surface area (Å²) in [5.41, 5.74) is 0.624. The van der Waals surface area contributed by atoms with Crippen LogP contribution >= 0.6 is 11.6 Å². The van der Waals surface area contributed by atoms with E-state index in [-0.39, 0.29) is 6.03 Å². The molecule has 132 valence electrons. The average molecular weight is 374 g/mol. The van der Waals surface area contributed by atoms with Gasteiger partial charge >= 0.3 is 6.03 Å². The van der Waals surface area contributed by atoms with Gasteiger partial charge < -0.3 is 15.5 Å². The fourth-order valence-electron chi connectivity index (χ4n) is 2.53. The first-order chi connectivity index (χ1) is 11.3. The van der Waals surface area contributed by atoms with Gasteiger partial charge in [-0.25, -0.2) is 13.2 Å². The number of hydrogen-bond donors (Lipinski definition) is 2. The molecule has 0 spiro atoms. The number of carbonyl (C=O) groups excluding carboxylic acids is 2. The second-order valence-corrected chi connectivity index (χ2v) is 8.32. The second-order valence-electron chi connectivity index (χ2n) is 5.60. The molecule has 3 amide bonds. The summed E-state index contributed by atoms with van der Waals surface area (Å²) in [5, 5.41) is 5.06. The standard InChI is InChI=1S/C15H20ClN3O4S/c1-17-14(20)10-24(22,23)13-6-8-19(9-7-13)15(21)18-12-4-2-11(16)3-5-12/h2-5,13H,6-10H2,1H3,(H,17,20)(H,18,21). The maximum atomic E-state index is 12.2. The van der Waals surface area contributed by atoms with Gasteiger partial charge in [0.2, 0.25) is 5.91 Å². The van der Waals surface area contributed by atoms with Crippen LogP contribution in [0.4, 0.5) is 10.5 Å². The third-order valence-electron chi connectivity index (χ3n) is 3.94. The largest absolute Gasteiger partial charge is 0.358 e. The number of benzene rings is 1. The lowest BCUT2D eigenvalue weighted by Gasteiger charge is -2.31. The van der Waals surface area contributed by atoms with E-state index in [4.69, 9.17) is 11.6 Å². The number of piperidine rings is 1. The Morgan fingerprint density at radius 2 is 1.79 bits per heavy atom. The van der Waals surface area contributed by atoms with Crippen LogP contribution < -0.4 is 10.6 Å². The van der Waals surface area contributed by atoms with Crippen molar-refractivity contribution in [3.8, 4) is 0 Å². The molecular formula is C15H20ClN3O4S. The first-order valence-electron chi connectivity index (χ1n) is 7.55. The third kappa shape index (κ3) is 4.85. The van der Waals surface area contributed by atoms with Gasteiger partial charge in [-0.2, -0.15) is 0 Å². The van der Waals surface area contributed by atoms with Crippen LogP contribution in [-0.4, -0.2) is 56.4 Å². The Labute approximate surface area is 146 Å². The van der Waals surface area contributed by atoms with Gasteiger partial charge in [-0.15, -0.1) is 0 Å². The fraction of sp³-hybridized carbons (Fsp3) is 0.467. The molecule has 1 aliphatic heterocycles. The summed E-state index contributed by atoms with van der Waals surface area (Å²) in [6, 6.07) is 6.46. The van der Waals surface area contributed by atoms with Crippen molar-refractivity contribution in [2.24, 2.45) is 0 Å². The number of amides is 3. The van der Waals surface area contributed by atoms with E-state index < -0.39 is 26.7 Å². The predicted octanol–water partition coefficient (Wildman–Crippen LogP) is 1.50. The van der Waals surface area contributed by atoms with Crippen LogP contribution in [0.3, 0.4) is 0 Å². The number of halogens is 1. The van der Waals surface area contributed by atoms with Crippen LogP contribution in [0.15, 0.2) is 24.3 Å². The number of likely N-dealkylation sites (tertiary alicyclic amines) is 1. The van der Waals surface area contributed by atoms with Crippen LogP contribution in [0.25, 0.3) is 0 Å². The SMILES string of the molecule is CNC(=O)CS(=O)(=O)C1CCN(C(=O)Nc2ccc(Cl)cc2)CC1. The summed E-state index contributed by atoms with van der Waals surface area (Å²) in [5.74, 6) is -1.02. The number of anilines is 1. The Kier molecular flexibility index (Phi) is 6.06. The van der Waals surface area contributed by atoms with E-state index in [9.17, 15) is 18.0 Å². The lowest BCUT2D eigenvalue weighted by atomic mass is 10.1. The van der Waals surface area contributed by atoms with E-state index in [1.54, 1.807) is 29.2 Å². The number of carbonyl (C=O) groups is 2. The Morgan fingerprint density at radius 3 is 2.33 bits per heavy atom. The Hall–Kier alpha value is -1.80. The molecule has 2 N–H and O–H groups in total. The molecule has 2 rings (SSSR count). The van der Waals surface area contributed by atoms with Crippen LogP contribution in [-0.2, 0) is 14.6 Å². The third-order valence-corrected chi connectivity index (χ3v) is 6.35. The Bertz CT molecular complexity index is 698. The number of nitrogens with zero attached hydrogens (tertiary/aromatic N) is 1. The molecule has 9 heteroatoms. The molecule has 1 saturated heterocycles. The predicted molar refractivity (Wildman–Crippen MR) is 92.9 cm³/mol. The van der Waals surface area contributed by atoms with Gasteiger partial charge in [-0.1, -0.05) is 11.6 Å². The van der Waals surface area contributed by atoms with E-state index in [0.29, 0.717) is 36.6 Å². The van der Waals surface area contributed by atoms with Crippen molar-refractivity contribution in [3.63, 3.8) is 0 Å². The van der Waals surface area contributed by atoms with Crippen molar-refractivity contribution in [1.82, 2.24) is 10.2 Å². The zero-order valence-electron chi connectivity index (χ0n) is 13.3. The highest BCUT2D eigenvalue weighted by atomic mass is 35.5. The minimum absolute atomic E-state index is 0.278. The molecule has 0 bridgehead atoms. The number of nitrogens with one attached hydrogen (secondary N) is 2. The van der Waals surface area contributed by atoms with Crippen molar-refractivity contribution in [3.05, 3.63) is 29.3 Å². The Morgan fingerprint density at radius 1 is 1.21 bits per heavy atom. The van der Waals surface area contributed by atoms with Crippen molar-refractivity contribution < 1.29 is 18.0 Å². The molecular weight excluding hydrogens is 354 g/mol. The zero-order chi connectivity index (χ0) is 17.7. The summed E-state index contributed by atoms with van der Waals surface area (Å²) < 4.78 is 24.3. The highest BCUT2D eigenvalue weighted by molar-refractivity contribution is 7.92. The molecule has 1 heterocycles. The van der Waals surface area contributed by atoms with Gasteiger partial charge in [-0.3, -0.25) is 4.79 Å². The van der Waals surface area contributed by atoms with Crippen molar-refractivity contribution >= 4 is 39.1 Å². The molecule has 0 saturated carbocycles. The van der Waals surface area contributed by atoms with E-state index in [2.05, 4.69) is 10.6 Å². The summed E-state index contributed by atoms with van der Waals surface area (Å²) in [6.07, 6.45) is 0.654. The maximum absolute atomic E-state index is 12.2. The Balaban J connectivity index is 1.89. The number of rotatable bonds is 4. The smallest absolute Gasteiger partial charge is 0.321 e. The van der Waals surface area contributed by atoms with Crippen LogP contribution in [0.5, 0.6) is 0 Å². The lowest BCUT2D eigenvalue weighted by molar-refractivity contribution is -0.118. The number of urea groups is 1. The normalized spacial score (nSPS) is 15.8. The minimum atomic E-state index is -3.49. The molecule has 1 fully saturated rings. The van der Waals surface area contributed by atoms with Crippen molar-refractivity contribution in [2.45, 2.75) is 18.1 Å². The van der Waals surface area contributed by atoms with Gasteiger partial charge in [0.25, 0.3) is 0 Å². The van der Waals surface area contributed by atoms with Crippen LogP contribution in [0.2, 0.25) is 5.02 Å². The maximum Gasteiger partial charge on any atom is 0.321 e. The average Bonchev–Trinajstić information content (AvgIpc) is 2.56. The van der Waals surface area contributed by atoms with Gasteiger partial charge in [0.05, 0.1) is 5.25 Å². The van der Waals surface area contributed by atoms with Gasteiger partial charge in [-0.05, 0) is 37.1 Å². The summed E-state index contributed by atoms with van der Waals surface area (Å²) in [4.78, 5) is 25.1. The fourth-order valence-corrected chi connectivity index (χ4v) is 4.33. The second kappa shape index (κ2) is 7.85. The highest BCUT2D eigenvalue weighted by Crippen LogP contribution is 2.20. The topological polar surface area (TPSA) is 95.6 Å². The van der Waals surface area contributed by atoms with Gasteiger partial charge in [0, 0.05) is 30.8 Å². The van der Waals surface area contributed by atoms with Gasteiger partial charge in [0.1, 0.15) is 5.75 Å². The molecule has 0 atom stereocenters. The molecule has 0 aliphatic carbocycles. The zero-order valence-corrected chi connectivity index (χ0v) is 14.9. The van der Waals surface area contributed by atoms with Crippen molar-refractivity contribution in [2.75, 3.05) is 31.2 Å². The summed E-state index contributed by atoms with van der Waals surface area (Å²) in [7, 11) is -2.09. The van der Waals surface area contributed by atoms with E-state index in [0.717, 1.165) is 0 Å². The van der Waals surface area contributed by atoms with E-state index in [1.807, 2.05) is 0 Å². The molecule has 0 unspecified atom stereocenters. The molecule has 0 aromatic heterocycles. The van der Waals surface area contributed by atoms with Crippen LogP contribution in [0.1, 0.15) is 12.8 Å². The van der Waals surface area contributed by atoms with Crippen molar-refractivity contribution in [1.29, 1.82) is 0 Å². The van der Waals surface area contributed by atoms with E-state index >= 15 is 0 Å². The highest BCUT2D eigenvalue weighted by Gasteiger charge is 2.32. The molecule has 24 heavy (non-hydrogen) atoms.